The summed E-state index contributed by atoms with van der Waals surface area (Å²) in [6.45, 7) is 4.06. The molecule has 8 heteroatoms. The summed E-state index contributed by atoms with van der Waals surface area (Å²) in [4.78, 5) is 36.5. The van der Waals surface area contributed by atoms with E-state index >= 15 is 0 Å². The zero-order valence-corrected chi connectivity index (χ0v) is 25.6. The minimum Gasteiger partial charge on any atom is -0.453 e. The Hall–Kier alpha value is -3.65. The molecule has 0 radical (unpaired) electrons. The topological polar surface area (TPSA) is 96.5 Å². The van der Waals surface area contributed by atoms with Gasteiger partial charge in [-0.2, -0.15) is 0 Å². The predicted octanol–water partition coefficient (Wildman–Crippen LogP) is 6.62. The van der Waals surface area contributed by atoms with Crippen LogP contribution in [0.2, 0.25) is 0 Å². The van der Waals surface area contributed by atoms with Gasteiger partial charge >= 0.3 is 6.09 Å². The number of nitrogens with zero attached hydrogens (tertiary/aromatic N) is 2. The van der Waals surface area contributed by atoms with Gasteiger partial charge in [0.2, 0.25) is 5.91 Å². The van der Waals surface area contributed by atoms with Gasteiger partial charge in [-0.1, -0.05) is 42.8 Å². The van der Waals surface area contributed by atoms with Crippen LogP contribution in [0.5, 0.6) is 0 Å². The van der Waals surface area contributed by atoms with E-state index < -0.39 is 18.2 Å². The van der Waals surface area contributed by atoms with E-state index in [1.54, 1.807) is 25.2 Å². The number of H-pyrrole nitrogens is 1. The summed E-state index contributed by atoms with van der Waals surface area (Å²) in [5, 5.41) is 2.72. The molecule has 1 saturated heterocycles. The Morgan fingerprint density at radius 1 is 0.977 bits per heavy atom. The van der Waals surface area contributed by atoms with Crippen LogP contribution in [0.4, 0.5) is 4.79 Å². The molecule has 2 saturated carbocycles. The van der Waals surface area contributed by atoms with Gasteiger partial charge < -0.3 is 24.7 Å². The van der Waals surface area contributed by atoms with E-state index in [1.165, 1.54) is 43.1 Å². The molecule has 8 nitrogen and oxygen atoms in total. The molecule has 43 heavy (non-hydrogen) atoms. The third kappa shape index (κ3) is 4.74. The molecule has 2 unspecified atom stereocenters. The van der Waals surface area contributed by atoms with Crippen molar-refractivity contribution in [2.24, 2.45) is 5.92 Å². The first kappa shape index (κ1) is 28.1. The SMILES string of the molecule is COC(=O)N[C@H](C(=O)N1[C@H](c2ncc(-c3ccc(-c4ccc(C)c5c4C4CCC5C4)cc3)[nH]2)C[C@@H]2CCC[C@@H]21)[C@@H](C)OC. The van der Waals surface area contributed by atoms with Gasteiger partial charge in [0, 0.05) is 13.2 Å². The van der Waals surface area contributed by atoms with Crippen LogP contribution in [0.3, 0.4) is 0 Å². The molecule has 2 amide bonds. The minimum absolute atomic E-state index is 0.128. The largest absolute Gasteiger partial charge is 0.453 e. The fourth-order valence-electron chi connectivity index (χ4n) is 8.68. The molecule has 1 aliphatic heterocycles. The average molecular weight is 583 g/mol. The second kappa shape index (κ2) is 11.1. The third-order valence-electron chi connectivity index (χ3n) is 10.8. The predicted molar refractivity (Wildman–Crippen MR) is 165 cm³/mol. The highest BCUT2D eigenvalue weighted by Crippen LogP contribution is 2.56. The Morgan fingerprint density at radius 2 is 1.72 bits per heavy atom. The van der Waals surface area contributed by atoms with Crippen LogP contribution >= 0.6 is 0 Å². The van der Waals surface area contributed by atoms with E-state index in [4.69, 9.17) is 14.5 Å². The molecule has 1 aromatic heterocycles. The molecule has 7 rings (SSSR count). The zero-order chi connectivity index (χ0) is 29.8. The van der Waals surface area contributed by atoms with Gasteiger partial charge in [-0.25, -0.2) is 9.78 Å². The van der Waals surface area contributed by atoms with Gasteiger partial charge in [0.25, 0.3) is 0 Å². The van der Waals surface area contributed by atoms with E-state index in [0.29, 0.717) is 11.8 Å². The lowest BCUT2D eigenvalue weighted by molar-refractivity contribution is -0.140. The molecule has 2 bridgehead atoms. The maximum Gasteiger partial charge on any atom is 0.407 e. The van der Waals surface area contributed by atoms with Crippen molar-refractivity contribution in [1.82, 2.24) is 20.2 Å². The molecular formula is C35H42N4O4. The Bertz CT molecular complexity index is 1530. The summed E-state index contributed by atoms with van der Waals surface area (Å²) in [5.41, 5.74) is 9.31. The van der Waals surface area contributed by atoms with Crippen LogP contribution < -0.4 is 5.32 Å². The summed E-state index contributed by atoms with van der Waals surface area (Å²) in [6, 6.07) is 12.5. The van der Waals surface area contributed by atoms with Crippen molar-refractivity contribution in [2.75, 3.05) is 14.2 Å². The number of methoxy groups -OCH3 is 2. The van der Waals surface area contributed by atoms with Crippen molar-refractivity contribution >= 4 is 12.0 Å². The Balaban J connectivity index is 1.15. The molecule has 2 aromatic carbocycles. The first-order valence-corrected chi connectivity index (χ1v) is 15.9. The van der Waals surface area contributed by atoms with Crippen LogP contribution in [0, 0.1) is 12.8 Å². The number of fused-ring (bicyclic) bond motifs is 6. The molecule has 3 aromatic rings. The number of carbonyl (C=O) groups is 2. The van der Waals surface area contributed by atoms with Gasteiger partial charge in [-0.3, -0.25) is 4.79 Å². The summed E-state index contributed by atoms with van der Waals surface area (Å²) in [5.74, 6) is 2.51. The Morgan fingerprint density at radius 3 is 2.47 bits per heavy atom. The molecule has 0 spiro atoms. The molecule has 3 fully saturated rings. The smallest absolute Gasteiger partial charge is 0.407 e. The van der Waals surface area contributed by atoms with E-state index in [0.717, 1.165) is 48.7 Å². The van der Waals surface area contributed by atoms with Gasteiger partial charge in [-0.05, 0) is 104 Å². The van der Waals surface area contributed by atoms with E-state index in [-0.39, 0.29) is 18.0 Å². The zero-order valence-electron chi connectivity index (χ0n) is 25.6. The molecule has 7 atom stereocenters. The lowest BCUT2D eigenvalue weighted by atomic mass is 9.83. The number of carbonyl (C=O) groups excluding carboxylic acids is 2. The number of likely N-dealkylation sites (tertiary alicyclic amines) is 1. The van der Waals surface area contributed by atoms with E-state index in [1.807, 2.05) is 11.1 Å². The molecule has 226 valence electrons. The first-order chi connectivity index (χ1) is 20.9. The molecular weight excluding hydrogens is 540 g/mol. The summed E-state index contributed by atoms with van der Waals surface area (Å²) >= 11 is 0. The summed E-state index contributed by atoms with van der Waals surface area (Å²) < 4.78 is 10.3. The molecule has 2 heterocycles. The number of ether oxygens (including phenoxy) is 2. The van der Waals surface area contributed by atoms with Crippen molar-refractivity contribution < 1.29 is 19.1 Å². The highest BCUT2D eigenvalue weighted by atomic mass is 16.5. The first-order valence-electron chi connectivity index (χ1n) is 15.9. The van der Waals surface area contributed by atoms with Crippen molar-refractivity contribution in [3.63, 3.8) is 0 Å². The van der Waals surface area contributed by atoms with E-state index in [2.05, 4.69) is 53.6 Å². The molecule has 3 aliphatic carbocycles. The lowest BCUT2D eigenvalue weighted by Gasteiger charge is -2.34. The fraction of sp³-hybridized carbons (Fsp3) is 0.514. The highest BCUT2D eigenvalue weighted by Gasteiger charge is 2.49. The molecule has 2 N–H and O–H groups in total. The number of hydrogen-bond donors (Lipinski definition) is 2. The van der Waals surface area contributed by atoms with Gasteiger partial charge in [0.05, 0.1) is 31.1 Å². The number of aryl methyl sites for hydroxylation is 1. The number of rotatable bonds is 7. The van der Waals surface area contributed by atoms with Crippen molar-refractivity contribution in [3.05, 3.63) is 65.1 Å². The second-order valence-corrected chi connectivity index (χ2v) is 13.0. The minimum atomic E-state index is -0.847. The third-order valence-corrected chi connectivity index (χ3v) is 10.8. The van der Waals surface area contributed by atoms with Crippen molar-refractivity contribution in [3.8, 4) is 22.4 Å². The number of hydrogen-bond acceptors (Lipinski definition) is 5. The number of aromatic nitrogens is 2. The van der Waals surface area contributed by atoms with Gasteiger partial charge in [0.1, 0.15) is 11.9 Å². The number of amides is 2. The van der Waals surface area contributed by atoms with E-state index in [9.17, 15) is 9.59 Å². The van der Waals surface area contributed by atoms with Crippen LogP contribution in [0.1, 0.15) is 92.3 Å². The monoisotopic (exact) mass is 582 g/mol. The average Bonchev–Trinajstić information content (AvgIpc) is 3.86. The van der Waals surface area contributed by atoms with Crippen LogP contribution in [-0.4, -0.2) is 59.3 Å². The van der Waals surface area contributed by atoms with Crippen LogP contribution in [0.25, 0.3) is 22.4 Å². The van der Waals surface area contributed by atoms with Gasteiger partial charge in [-0.15, -0.1) is 0 Å². The van der Waals surface area contributed by atoms with Gasteiger partial charge in [0.15, 0.2) is 0 Å². The Labute approximate surface area is 253 Å². The normalized spacial score (nSPS) is 26.7. The number of imidazole rings is 1. The maximum atomic E-state index is 14.1. The summed E-state index contributed by atoms with van der Waals surface area (Å²) in [6.07, 6.45) is 8.70. The fourth-order valence-corrected chi connectivity index (χ4v) is 8.68. The van der Waals surface area contributed by atoms with Crippen molar-refractivity contribution in [2.45, 2.75) is 94.9 Å². The van der Waals surface area contributed by atoms with Crippen LogP contribution in [0.15, 0.2) is 42.6 Å². The quantitative estimate of drug-likeness (QED) is 0.327. The number of alkyl carbamates (subject to hydrolysis) is 1. The molecule has 4 aliphatic rings. The second-order valence-electron chi connectivity index (χ2n) is 13.0. The number of aromatic amines is 1. The number of nitrogens with one attached hydrogen (secondary N) is 2. The standard InChI is InChI=1S/C35H42N4O4/c1-19-8-15-26(31-25-14-13-24(16-25)30(19)31)21-9-11-22(12-10-21)27-18-36-33(37-27)29-17-23-6-5-7-28(23)39(29)34(40)32(20(2)42-3)38-35(41)43-4/h8-12,15,18,20,23-25,28-29,32H,5-7,13-14,16-17H2,1-4H3,(H,36,37)(H,38,41)/t20-,23+,24?,25?,28+,29+,32+/m1/s1. The van der Waals surface area contributed by atoms with Crippen molar-refractivity contribution in [1.29, 1.82) is 0 Å². The lowest BCUT2D eigenvalue weighted by Crippen LogP contribution is -2.55. The Kier molecular flexibility index (Phi) is 7.28. The maximum absolute atomic E-state index is 14.1. The summed E-state index contributed by atoms with van der Waals surface area (Å²) in [7, 11) is 2.85. The number of benzene rings is 2. The highest BCUT2D eigenvalue weighted by molar-refractivity contribution is 5.87. The van der Waals surface area contributed by atoms with Crippen LogP contribution in [-0.2, 0) is 14.3 Å².